The van der Waals surface area contributed by atoms with Gasteiger partial charge in [0.25, 0.3) is 0 Å². The number of carbonyl (C=O) groups excluding carboxylic acids is 1. The van der Waals surface area contributed by atoms with Gasteiger partial charge in [0.15, 0.2) is 6.10 Å². The second kappa shape index (κ2) is 7.12. The van der Waals surface area contributed by atoms with E-state index < -0.39 is 6.09 Å². The fourth-order valence-corrected chi connectivity index (χ4v) is 2.94. The van der Waals surface area contributed by atoms with Crippen LogP contribution in [-0.2, 0) is 4.74 Å². The molecule has 0 radical (unpaired) electrons. The third kappa shape index (κ3) is 3.42. The number of nitrogens with zero attached hydrogens (tertiary/aromatic N) is 1. The van der Waals surface area contributed by atoms with E-state index >= 15 is 0 Å². The van der Waals surface area contributed by atoms with Gasteiger partial charge in [0, 0.05) is 23.5 Å². The summed E-state index contributed by atoms with van der Waals surface area (Å²) >= 11 is 0. The van der Waals surface area contributed by atoms with Crippen LogP contribution in [0.2, 0.25) is 0 Å². The molecule has 2 atom stereocenters. The molecule has 126 valence electrons. The van der Waals surface area contributed by atoms with E-state index in [4.69, 9.17) is 4.74 Å². The molecule has 1 amide bonds. The molecule has 1 N–H and O–H groups in total. The zero-order valence-electron chi connectivity index (χ0n) is 13.9. The zero-order valence-corrected chi connectivity index (χ0v) is 13.9. The number of rotatable bonds is 2. The average molecular weight is 340 g/mol. The summed E-state index contributed by atoms with van der Waals surface area (Å²) in [7, 11) is 0. The molecule has 4 rings (SSSR count). The van der Waals surface area contributed by atoms with Crippen LogP contribution in [-0.4, -0.2) is 11.1 Å². The number of pyridine rings is 1. The van der Waals surface area contributed by atoms with Gasteiger partial charge in [0.1, 0.15) is 6.04 Å². The Morgan fingerprint density at radius 3 is 2.31 bits per heavy atom. The van der Waals surface area contributed by atoms with E-state index in [1.807, 2.05) is 66.7 Å². The van der Waals surface area contributed by atoms with Crippen LogP contribution in [0.3, 0.4) is 0 Å². The topological polar surface area (TPSA) is 51.2 Å². The van der Waals surface area contributed by atoms with Gasteiger partial charge < -0.3 is 10.1 Å². The van der Waals surface area contributed by atoms with E-state index in [1.165, 1.54) is 0 Å². The molecule has 26 heavy (non-hydrogen) atoms. The number of alkyl carbamates (subject to hydrolysis) is 1. The summed E-state index contributed by atoms with van der Waals surface area (Å²) in [4.78, 5) is 16.1. The largest absolute Gasteiger partial charge is 0.439 e. The summed E-state index contributed by atoms with van der Waals surface area (Å²) in [5.74, 6) is 6.25. The van der Waals surface area contributed by atoms with Crippen LogP contribution in [0.25, 0.3) is 0 Å². The van der Waals surface area contributed by atoms with Crippen molar-refractivity contribution in [3.8, 4) is 11.8 Å². The lowest BCUT2D eigenvalue weighted by Gasteiger charge is -2.17. The summed E-state index contributed by atoms with van der Waals surface area (Å²) in [5, 5.41) is 2.87. The average Bonchev–Trinajstić information content (AvgIpc) is 3.10. The van der Waals surface area contributed by atoms with Crippen LogP contribution in [0.1, 0.15) is 34.4 Å². The van der Waals surface area contributed by atoms with E-state index in [0.717, 1.165) is 22.3 Å². The highest BCUT2D eigenvalue weighted by molar-refractivity contribution is 5.71. The highest BCUT2D eigenvalue weighted by Gasteiger charge is 2.36. The van der Waals surface area contributed by atoms with E-state index in [0.29, 0.717) is 0 Å². The van der Waals surface area contributed by atoms with Crippen LogP contribution in [0.15, 0.2) is 79.1 Å². The number of hydrogen-bond donors (Lipinski definition) is 1. The minimum atomic E-state index is -0.426. The van der Waals surface area contributed by atoms with Crippen molar-refractivity contribution in [2.45, 2.75) is 12.1 Å². The first-order chi connectivity index (χ1) is 12.8. The van der Waals surface area contributed by atoms with E-state index in [-0.39, 0.29) is 12.1 Å². The molecule has 0 aliphatic carbocycles. The number of benzene rings is 2. The molecule has 4 nitrogen and oxygen atoms in total. The molecule has 2 aromatic carbocycles. The zero-order chi connectivity index (χ0) is 17.8. The van der Waals surface area contributed by atoms with Gasteiger partial charge in [-0.25, -0.2) is 4.79 Å². The van der Waals surface area contributed by atoms with Crippen molar-refractivity contribution in [2.75, 3.05) is 0 Å². The normalized spacial score (nSPS) is 18.4. The number of nitrogens with one attached hydrogen (secondary N) is 1. The second-order valence-electron chi connectivity index (χ2n) is 5.98. The highest BCUT2D eigenvalue weighted by Crippen LogP contribution is 2.36. The van der Waals surface area contributed by atoms with E-state index in [2.05, 4.69) is 22.1 Å². The number of cyclic esters (lactones) is 1. The van der Waals surface area contributed by atoms with Gasteiger partial charge in [-0.1, -0.05) is 60.4 Å². The number of ether oxygens (including phenoxy) is 1. The van der Waals surface area contributed by atoms with Crippen molar-refractivity contribution < 1.29 is 9.53 Å². The first-order valence-electron chi connectivity index (χ1n) is 8.34. The van der Waals surface area contributed by atoms with Crippen LogP contribution in [0.5, 0.6) is 0 Å². The Morgan fingerprint density at radius 1 is 0.846 bits per heavy atom. The molecular formula is C22H16N2O2. The Bertz CT molecular complexity index is 975. The molecule has 1 aliphatic rings. The van der Waals surface area contributed by atoms with Crippen LogP contribution >= 0.6 is 0 Å². The smallest absolute Gasteiger partial charge is 0.408 e. The lowest BCUT2D eigenvalue weighted by Crippen LogP contribution is -2.19. The first kappa shape index (κ1) is 15.9. The molecule has 1 saturated heterocycles. The summed E-state index contributed by atoms with van der Waals surface area (Å²) < 4.78 is 5.47. The summed E-state index contributed by atoms with van der Waals surface area (Å²) in [6.07, 6.45) is 2.64. The molecule has 1 fully saturated rings. The van der Waals surface area contributed by atoms with Crippen molar-refractivity contribution in [3.05, 3.63) is 101 Å². The van der Waals surface area contributed by atoms with Crippen molar-refractivity contribution in [3.63, 3.8) is 0 Å². The monoisotopic (exact) mass is 340 g/mol. The Morgan fingerprint density at radius 2 is 1.54 bits per heavy atom. The minimum absolute atomic E-state index is 0.295. The maximum absolute atomic E-state index is 11.8. The molecular weight excluding hydrogens is 324 g/mol. The van der Waals surface area contributed by atoms with E-state index in [9.17, 15) is 4.79 Å². The van der Waals surface area contributed by atoms with Crippen LogP contribution < -0.4 is 5.32 Å². The van der Waals surface area contributed by atoms with Gasteiger partial charge in [-0.2, -0.15) is 0 Å². The number of hydrogen-bond acceptors (Lipinski definition) is 3. The molecule has 3 aromatic rings. The lowest BCUT2D eigenvalue weighted by molar-refractivity contribution is 0.132. The second-order valence-corrected chi connectivity index (χ2v) is 5.98. The molecule has 0 spiro atoms. The predicted octanol–water partition coefficient (Wildman–Crippen LogP) is 4.00. The SMILES string of the molecule is O=C1N[C@@H](c2cncc(C#Cc3ccccc3)c2)[C@H](c2ccccc2)O1. The Labute approximate surface area is 151 Å². The standard InChI is InChI=1S/C22H16N2O2/c25-22-24-20(21(26-22)18-9-5-2-6-10-18)19-13-17(14-23-15-19)12-11-16-7-3-1-4-8-16/h1-10,13-15,20-21H,(H,24,25)/t20-,21-/m0/s1. The van der Waals surface area contributed by atoms with Crippen molar-refractivity contribution in [2.24, 2.45) is 0 Å². The quantitative estimate of drug-likeness (QED) is 0.717. The van der Waals surface area contributed by atoms with Gasteiger partial charge in [-0.15, -0.1) is 0 Å². The maximum atomic E-state index is 11.8. The number of aromatic nitrogens is 1. The molecule has 2 heterocycles. The minimum Gasteiger partial charge on any atom is -0.439 e. The van der Waals surface area contributed by atoms with Crippen molar-refractivity contribution in [1.29, 1.82) is 0 Å². The van der Waals surface area contributed by atoms with Gasteiger partial charge in [0.05, 0.1) is 0 Å². The molecule has 4 heteroatoms. The van der Waals surface area contributed by atoms with Gasteiger partial charge in [-0.05, 0) is 29.3 Å². The van der Waals surface area contributed by atoms with E-state index in [1.54, 1.807) is 12.4 Å². The van der Waals surface area contributed by atoms with Crippen molar-refractivity contribution >= 4 is 6.09 Å². The lowest BCUT2D eigenvalue weighted by atomic mass is 9.97. The number of carbonyl (C=O) groups is 1. The summed E-state index contributed by atoms with van der Waals surface area (Å²) in [5.41, 5.74) is 3.54. The van der Waals surface area contributed by atoms with Gasteiger partial charge >= 0.3 is 6.09 Å². The molecule has 1 aromatic heterocycles. The first-order valence-corrected chi connectivity index (χ1v) is 8.34. The Balaban J connectivity index is 1.63. The maximum Gasteiger partial charge on any atom is 0.408 e. The Hall–Kier alpha value is -3.58. The molecule has 0 unspecified atom stereocenters. The van der Waals surface area contributed by atoms with Crippen molar-refractivity contribution in [1.82, 2.24) is 10.3 Å². The molecule has 0 bridgehead atoms. The third-order valence-electron chi connectivity index (χ3n) is 4.18. The predicted molar refractivity (Wildman–Crippen MR) is 98.2 cm³/mol. The summed E-state index contributed by atoms with van der Waals surface area (Å²) in [6.45, 7) is 0. The molecule has 0 saturated carbocycles. The Kier molecular flexibility index (Phi) is 4.36. The highest BCUT2D eigenvalue weighted by atomic mass is 16.6. The summed E-state index contributed by atoms with van der Waals surface area (Å²) in [6, 6.07) is 21.1. The molecule has 1 aliphatic heterocycles. The number of amides is 1. The van der Waals surface area contributed by atoms with Gasteiger partial charge in [-0.3, -0.25) is 4.98 Å². The van der Waals surface area contributed by atoms with Crippen LogP contribution in [0, 0.1) is 11.8 Å². The third-order valence-corrected chi connectivity index (χ3v) is 4.18. The van der Waals surface area contributed by atoms with Gasteiger partial charge in [0.2, 0.25) is 0 Å². The van der Waals surface area contributed by atoms with Crippen LogP contribution in [0.4, 0.5) is 4.79 Å². The fraction of sp³-hybridized carbons (Fsp3) is 0.0909. The fourth-order valence-electron chi connectivity index (χ4n) is 2.94.